The minimum Gasteiger partial charge on any atom is -0.481 e. The molecule has 12 heteroatoms. The van der Waals surface area contributed by atoms with Crippen molar-refractivity contribution in [3.8, 4) is 0 Å². The molecule has 4 rings (SSSR count). The Kier molecular flexibility index (Phi) is 7.22. The Morgan fingerprint density at radius 3 is 2.69 bits per heavy atom. The minimum atomic E-state index is -0.943. The van der Waals surface area contributed by atoms with Gasteiger partial charge in [-0.05, 0) is 43.9 Å². The van der Waals surface area contributed by atoms with Crippen LogP contribution in [0.1, 0.15) is 36.8 Å². The van der Waals surface area contributed by atoms with Crippen LogP contribution in [0.3, 0.4) is 0 Å². The molecule has 10 nitrogen and oxygen atoms in total. The predicted octanol–water partition coefficient (Wildman–Crippen LogP) is 1.77. The summed E-state index contributed by atoms with van der Waals surface area (Å²) >= 11 is 6.42. The molecule has 2 aliphatic rings. The number of carboxylic acids is 1. The molecular weight excluding hydrogens is 490 g/mol. The van der Waals surface area contributed by atoms with Gasteiger partial charge in [-0.2, -0.15) is 0 Å². The second-order valence-corrected chi connectivity index (χ2v) is 10.2. The normalized spacial score (nSPS) is 18.1. The fourth-order valence-electron chi connectivity index (χ4n) is 4.26. The number of aryl methyl sites for hydroxylation is 1. The lowest BCUT2D eigenvalue weighted by Gasteiger charge is -2.32. The second kappa shape index (κ2) is 10.2. The molecule has 2 amide bonds. The number of carboxylic acid groups (broad SMARTS) is 1. The molecule has 2 saturated heterocycles. The third-order valence-electron chi connectivity index (χ3n) is 6.18. The smallest absolute Gasteiger partial charge is 0.303 e. The number of piperidine rings is 1. The highest BCUT2D eigenvalue weighted by atomic mass is 32.2. The number of nitrogens with two attached hydrogens (primary N) is 1. The number of amides is 2. The van der Waals surface area contributed by atoms with E-state index in [1.165, 1.54) is 15.4 Å². The van der Waals surface area contributed by atoms with E-state index in [-0.39, 0.29) is 53.1 Å². The van der Waals surface area contributed by atoms with Gasteiger partial charge in [-0.25, -0.2) is 4.98 Å². The molecule has 0 radical (unpaired) electrons. The Hall–Kier alpha value is -3.25. The zero-order valence-electron chi connectivity index (χ0n) is 19.1. The van der Waals surface area contributed by atoms with Crippen molar-refractivity contribution in [2.45, 2.75) is 32.6 Å². The summed E-state index contributed by atoms with van der Waals surface area (Å²) < 4.78 is 1.77. The van der Waals surface area contributed by atoms with Crippen molar-refractivity contribution in [2.75, 3.05) is 24.5 Å². The molecule has 0 spiro atoms. The quantitative estimate of drug-likeness (QED) is 0.417. The van der Waals surface area contributed by atoms with Gasteiger partial charge in [0.05, 0.1) is 10.5 Å². The van der Waals surface area contributed by atoms with E-state index in [1.807, 2.05) is 17.9 Å². The van der Waals surface area contributed by atoms with Crippen LogP contribution >= 0.6 is 24.0 Å². The number of thioether (sulfide) groups is 1. The molecule has 0 unspecified atom stereocenters. The first-order chi connectivity index (χ1) is 16.7. The van der Waals surface area contributed by atoms with Crippen molar-refractivity contribution in [3.63, 3.8) is 0 Å². The zero-order valence-corrected chi connectivity index (χ0v) is 20.7. The maximum atomic E-state index is 13.6. The van der Waals surface area contributed by atoms with Crippen LogP contribution in [-0.2, 0) is 14.4 Å². The summed E-state index contributed by atoms with van der Waals surface area (Å²) in [6.45, 7) is 3.06. The van der Waals surface area contributed by atoms with Gasteiger partial charge in [-0.3, -0.25) is 28.5 Å². The van der Waals surface area contributed by atoms with Gasteiger partial charge in [0, 0.05) is 38.2 Å². The maximum Gasteiger partial charge on any atom is 0.303 e. The van der Waals surface area contributed by atoms with Crippen LogP contribution in [0.25, 0.3) is 11.7 Å². The third kappa shape index (κ3) is 5.08. The zero-order chi connectivity index (χ0) is 25.3. The van der Waals surface area contributed by atoms with Crippen LogP contribution in [0.5, 0.6) is 0 Å². The van der Waals surface area contributed by atoms with Gasteiger partial charge in [0.1, 0.15) is 15.8 Å². The number of aromatic nitrogens is 2. The molecule has 2 aromatic heterocycles. The van der Waals surface area contributed by atoms with Gasteiger partial charge in [-0.15, -0.1) is 0 Å². The van der Waals surface area contributed by atoms with Crippen molar-refractivity contribution in [1.82, 2.24) is 14.3 Å². The van der Waals surface area contributed by atoms with Gasteiger partial charge in [0.25, 0.3) is 11.5 Å². The average Bonchev–Trinajstić information content (AvgIpc) is 3.08. The molecule has 2 aliphatic heterocycles. The highest BCUT2D eigenvalue weighted by Crippen LogP contribution is 2.34. The van der Waals surface area contributed by atoms with Crippen LogP contribution in [0.15, 0.2) is 28.0 Å². The molecule has 0 bridgehead atoms. The van der Waals surface area contributed by atoms with E-state index in [0.717, 1.165) is 17.3 Å². The number of carbonyl (C=O) groups is 3. The molecule has 184 valence electrons. The number of rotatable bonds is 7. The second-order valence-electron chi connectivity index (χ2n) is 8.53. The van der Waals surface area contributed by atoms with E-state index < -0.39 is 5.97 Å². The molecule has 3 N–H and O–H groups in total. The summed E-state index contributed by atoms with van der Waals surface area (Å²) in [7, 11) is 0. The van der Waals surface area contributed by atoms with Crippen LogP contribution in [-0.4, -0.2) is 61.1 Å². The van der Waals surface area contributed by atoms with E-state index in [9.17, 15) is 19.2 Å². The maximum absolute atomic E-state index is 13.6. The van der Waals surface area contributed by atoms with Gasteiger partial charge in [0.15, 0.2) is 0 Å². The predicted molar refractivity (Wildman–Crippen MR) is 137 cm³/mol. The van der Waals surface area contributed by atoms with Crippen molar-refractivity contribution in [1.29, 1.82) is 0 Å². The number of nitrogens with zero attached hydrogens (tertiary/aromatic N) is 4. The lowest BCUT2D eigenvalue weighted by atomic mass is 9.96. The van der Waals surface area contributed by atoms with E-state index in [1.54, 1.807) is 12.3 Å². The third-order valence-corrected chi connectivity index (χ3v) is 7.56. The number of carbonyl (C=O) groups excluding carboxylic acids is 2. The molecular formula is C23H25N5O5S2. The summed E-state index contributed by atoms with van der Waals surface area (Å²) in [6.07, 6.45) is 4.46. The molecule has 0 atom stereocenters. The van der Waals surface area contributed by atoms with E-state index in [0.29, 0.717) is 41.7 Å². The SMILES string of the molecule is Cc1cccn2c(=O)c(/C=C3/SC(=S)N(CCCC(=O)O)C3=O)c(N3CCC(C(N)=O)CC3)nc12. The molecule has 4 heterocycles. The van der Waals surface area contributed by atoms with Crippen LogP contribution in [0.2, 0.25) is 0 Å². The highest BCUT2D eigenvalue weighted by Gasteiger charge is 2.33. The first-order valence-corrected chi connectivity index (χ1v) is 12.4. The first-order valence-electron chi connectivity index (χ1n) is 11.2. The summed E-state index contributed by atoms with van der Waals surface area (Å²) in [6, 6.07) is 3.63. The number of aliphatic carboxylic acids is 1. The van der Waals surface area contributed by atoms with Gasteiger partial charge >= 0.3 is 5.97 Å². The van der Waals surface area contributed by atoms with Crippen LogP contribution in [0.4, 0.5) is 5.82 Å². The lowest BCUT2D eigenvalue weighted by molar-refractivity contribution is -0.137. The van der Waals surface area contributed by atoms with Crippen LogP contribution < -0.4 is 16.2 Å². The summed E-state index contributed by atoms with van der Waals surface area (Å²) in [5.74, 6) is -1.42. The molecule has 0 saturated carbocycles. The summed E-state index contributed by atoms with van der Waals surface area (Å²) in [5.41, 5.74) is 6.76. The number of hydrogen-bond donors (Lipinski definition) is 2. The molecule has 2 aromatic rings. The lowest BCUT2D eigenvalue weighted by Crippen LogP contribution is -2.40. The van der Waals surface area contributed by atoms with Gasteiger partial charge in [-0.1, -0.05) is 30.0 Å². The van der Waals surface area contributed by atoms with Crippen molar-refractivity contribution in [2.24, 2.45) is 11.7 Å². The number of hydrogen-bond acceptors (Lipinski definition) is 8. The van der Waals surface area contributed by atoms with Gasteiger partial charge in [0.2, 0.25) is 5.91 Å². The van der Waals surface area contributed by atoms with Crippen molar-refractivity contribution >= 4 is 63.6 Å². The monoisotopic (exact) mass is 515 g/mol. The standard InChI is InChI=1S/C23H25N5O5S2/c1-13-4-2-8-27-19(13)25-20(26-10-6-14(7-11-26)18(24)31)15(21(27)32)12-16-22(33)28(23(34)35-16)9-3-5-17(29)30/h2,4,8,12,14H,3,5-7,9-11H2,1H3,(H2,24,31)(H,29,30)/b16-12+. The molecule has 0 aromatic carbocycles. The van der Waals surface area contributed by atoms with Crippen molar-refractivity contribution < 1.29 is 19.5 Å². The van der Waals surface area contributed by atoms with E-state index in [4.69, 9.17) is 28.0 Å². The van der Waals surface area contributed by atoms with Crippen LogP contribution in [0, 0.1) is 12.8 Å². The molecule has 2 fully saturated rings. The van der Waals surface area contributed by atoms with E-state index in [2.05, 4.69) is 0 Å². The highest BCUT2D eigenvalue weighted by molar-refractivity contribution is 8.26. The fourth-order valence-corrected chi connectivity index (χ4v) is 5.55. The summed E-state index contributed by atoms with van der Waals surface area (Å²) in [4.78, 5) is 57.4. The molecule has 0 aliphatic carbocycles. The largest absolute Gasteiger partial charge is 0.481 e. The summed E-state index contributed by atoms with van der Waals surface area (Å²) in [5, 5.41) is 8.88. The number of primary amides is 1. The number of thiocarbonyl (C=S) groups is 1. The Balaban J connectivity index is 1.74. The first kappa shape index (κ1) is 24.9. The average molecular weight is 516 g/mol. The Morgan fingerprint density at radius 1 is 1.31 bits per heavy atom. The Morgan fingerprint density at radius 2 is 2.03 bits per heavy atom. The fraction of sp³-hybridized carbons (Fsp3) is 0.391. The topological polar surface area (TPSA) is 138 Å². The van der Waals surface area contributed by atoms with Crippen molar-refractivity contribution in [3.05, 3.63) is 44.7 Å². The Bertz CT molecular complexity index is 1310. The molecule has 35 heavy (non-hydrogen) atoms. The minimum absolute atomic E-state index is 0.0726. The van der Waals surface area contributed by atoms with E-state index >= 15 is 0 Å². The van der Waals surface area contributed by atoms with Gasteiger partial charge < -0.3 is 15.7 Å². The number of pyridine rings is 1. The Labute approximate surface area is 210 Å². The number of fused-ring (bicyclic) bond motifs is 1. The number of anilines is 1.